The molecule has 3 N–H and O–H groups in total. The Morgan fingerprint density at radius 1 is 1.00 bits per heavy atom. The number of rotatable bonds is 2. The van der Waals surface area contributed by atoms with Crippen molar-refractivity contribution in [1.82, 2.24) is 5.32 Å². The van der Waals surface area contributed by atoms with Crippen LogP contribution >= 0.6 is 0 Å². The highest BCUT2D eigenvalue weighted by Gasteiger charge is 2.41. The molecule has 2 rings (SSSR count). The Balaban J connectivity index is 2.00. The molecule has 0 aromatic heterocycles. The van der Waals surface area contributed by atoms with Gasteiger partial charge in [0.15, 0.2) is 0 Å². The monoisotopic (exact) mass is 280 g/mol. The molecule has 1 amide bonds. The van der Waals surface area contributed by atoms with E-state index in [0.29, 0.717) is 10.8 Å². The Labute approximate surface area is 124 Å². The molecule has 2 saturated carbocycles. The first-order valence-electron chi connectivity index (χ1n) is 8.22. The Bertz CT molecular complexity index is 351. The quantitative estimate of drug-likeness (QED) is 0.815. The third kappa shape index (κ3) is 3.75. The molecule has 0 aromatic carbocycles. The maximum absolute atomic E-state index is 12.6. The van der Waals surface area contributed by atoms with E-state index in [1.807, 2.05) is 0 Å². The van der Waals surface area contributed by atoms with Crippen LogP contribution in [0, 0.1) is 10.8 Å². The van der Waals surface area contributed by atoms with Crippen LogP contribution in [0.1, 0.15) is 79.1 Å². The molecule has 0 aliphatic heterocycles. The number of amides is 1. The van der Waals surface area contributed by atoms with Gasteiger partial charge in [0.1, 0.15) is 0 Å². The lowest BCUT2D eigenvalue weighted by molar-refractivity contribution is -0.129. The van der Waals surface area contributed by atoms with Crippen LogP contribution in [0.5, 0.6) is 0 Å². The fraction of sp³-hybridized carbons (Fsp3) is 0.941. The summed E-state index contributed by atoms with van der Waals surface area (Å²) in [7, 11) is 0. The first-order valence-corrected chi connectivity index (χ1v) is 8.22. The fourth-order valence-electron chi connectivity index (χ4n) is 4.69. The van der Waals surface area contributed by atoms with Crippen LogP contribution in [-0.2, 0) is 4.79 Å². The van der Waals surface area contributed by atoms with Gasteiger partial charge in [-0.1, -0.05) is 47.0 Å². The molecule has 0 spiro atoms. The van der Waals surface area contributed by atoms with Crippen molar-refractivity contribution >= 4 is 5.91 Å². The van der Waals surface area contributed by atoms with Crippen LogP contribution in [0.2, 0.25) is 0 Å². The number of nitrogens with one attached hydrogen (secondary N) is 1. The first-order chi connectivity index (χ1) is 9.12. The minimum Gasteiger partial charge on any atom is -0.352 e. The van der Waals surface area contributed by atoms with Gasteiger partial charge in [-0.15, -0.1) is 0 Å². The van der Waals surface area contributed by atoms with Gasteiger partial charge in [0, 0.05) is 6.04 Å². The van der Waals surface area contributed by atoms with Gasteiger partial charge < -0.3 is 11.1 Å². The highest BCUT2D eigenvalue weighted by Crippen LogP contribution is 2.45. The molecule has 0 aromatic rings. The van der Waals surface area contributed by atoms with Gasteiger partial charge in [0.25, 0.3) is 0 Å². The molecule has 0 heterocycles. The summed E-state index contributed by atoms with van der Waals surface area (Å²) in [5.74, 6) is 0.0932. The molecule has 2 aliphatic carbocycles. The molecule has 3 nitrogen and oxygen atoms in total. The van der Waals surface area contributed by atoms with E-state index in [1.54, 1.807) is 0 Å². The molecular weight excluding hydrogens is 248 g/mol. The summed E-state index contributed by atoms with van der Waals surface area (Å²) in [6.07, 6.45) is 8.44. The van der Waals surface area contributed by atoms with Crippen molar-refractivity contribution in [3.63, 3.8) is 0 Å². The van der Waals surface area contributed by atoms with Crippen molar-refractivity contribution in [2.45, 2.75) is 90.6 Å². The largest absolute Gasteiger partial charge is 0.352 e. The molecule has 20 heavy (non-hydrogen) atoms. The molecule has 3 heteroatoms. The van der Waals surface area contributed by atoms with Crippen LogP contribution < -0.4 is 11.1 Å². The summed E-state index contributed by atoms with van der Waals surface area (Å²) in [6, 6.07) is 0.281. The summed E-state index contributed by atoms with van der Waals surface area (Å²) >= 11 is 0. The molecule has 0 unspecified atom stereocenters. The van der Waals surface area contributed by atoms with E-state index in [2.05, 4.69) is 33.0 Å². The van der Waals surface area contributed by atoms with E-state index in [9.17, 15) is 4.79 Å². The topological polar surface area (TPSA) is 55.1 Å². The number of nitrogens with two attached hydrogens (primary N) is 1. The van der Waals surface area contributed by atoms with Gasteiger partial charge in [-0.3, -0.25) is 4.79 Å². The van der Waals surface area contributed by atoms with Crippen LogP contribution in [-0.4, -0.2) is 17.5 Å². The third-order valence-electron chi connectivity index (χ3n) is 5.09. The highest BCUT2D eigenvalue weighted by molar-refractivity contribution is 5.86. The number of hydrogen-bond donors (Lipinski definition) is 2. The van der Waals surface area contributed by atoms with Gasteiger partial charge in [0.05, 0.1) is 5.54 Å². The second-order valence-electron chi connectivity index (χ2n) is 8.80. The summed E-state index contributed by atoms with van der Waals surface area (Å²) in [4.78, 5) is 12.6. The standard InChI is InChI=1S/C17H32N2O/c1-15(2)10-13(11-16(3,4)12-15)19-14(20)17(18)8-6-5-7-9-17/h13H,5-12,18H2,1-4H3,(H,19,20). The van der Waals surface area contributed by atoms with Gasteiger partial charge in [-0.05, 0) is 42.9 Å². The zero-order valence-corrected chi connectivity index (χ0v) is 13.7. The molecule has 0 atom stereocenters. The molecule has 0 radical (unpaired) electrons. The zero-order valence-electron chi connectivity index (χ0n) is 13.7. The summed E-state index contributed by atoms with van der Waals surface area (Å²) in [5.41, 5.74) is 6.34. The third-order valence-corrected chi connectivity index (χ3v) is 5.09. The van der Waals surface area contributed by atoms with E-state index < -0.39 is 5.54 Å². The van der Waals surface area contributed by atoms with Crippen LogP contribution in [0.25, 0.3) is 0 Å². The smallest absolute Gasteiger partial charge is 0.240 e. The Hall–Kier alpha value is -0.570. The second-order valence-corrected chi connectivity index (χ2v) is 8.80. The predicted molar refractivity (Wildman–Crippen MR) is 83.3 cm³/mol. The van der Waals surface area contributed by atoms with Crippen molar-refractivity contribution in [2.75, 3.05) is 0 Å². The minimum absolute atomic E-state index is 0.0932. The molecular formula is C17H32N2O. The maximum Gasteiger partial charge on any atom is 0.240 e. The molecule has 0 saturated heterocycles. The molecule has 0 bridgehead atoms. The van der Waals surface area contributed by atoms with Gasteiger partial charge in [-0.2, -0.15) is 0 Å². The average molecular weight is 280 g/mol. The Morgan fingerprint density at radius 2 is 1.50 bits per heavy atom. The van der Waals surface area contributed by atoms with Gasteiger partial charge >= 0.3 is 0 Å². The van der Waals surface area contributed by atoms with E-state index in [0.717, 1.165) is 38.5 Å². The van der Waals surface area contributed by atoms with Crippen LogP contribution in [0.3, 0.4) is 0 Å². The van der Waals surface area contributed by atoms with E-state index in [1.165, 1.54) is 12.8 Å². The Morgan fingerprint density at radius 3 is 2.00 bits per heavy atom. The molecule has 2 aliphatic rings. The summed E-state index contributed by atoms with van der Waals surface area (Å²) < 4.78 is 0. The molecule has 2 fully saturated rings. The number of carbonyl (C=O) groups excluding carboxylic acids is 1. The van der Waals surface area contributed by atoms with Gasteiger partial charge in [-0.25, -0.2) is 0 Å². The predicted octanol–water partition coefficient (Wildman–Crippen LogP) is 3.37. The van der Waals surface area contributed by atoms with Crippen molar-refractivity contribution in [3.8, 4) is 0 Å². The lowest BCUT2D eigenvalue weighted by Gasteiger charge is -2.46. The minimum atomic E-state index is -0.607. The molecule has 116 valence electrons. The summed E-state index contributed by atoms with van der Waals surface area (Å²) in [6.45, 7) is 9.25. The summed E-state index contributed by atoms with van der Waals surface area (Å²) in [5, 5.41) is 3.28. The Kier molecular flexibility index (Phi) is 4.21. The first kappa shape index (κ1) is 15.8. The SMILES string of the molecule is CC1(C)CC(NC(=O)C2(N)CCCCC2)CC(C)(C)C1. The van der Waals surface area contributed by atoms with Crippen molar-refractivity contribution in [3.05, 3.63) is 0 Å². The zero-order chi connectivity index (χ0) is 15.0. The van der Waals surface area contributed by atoms with E-state index in [-0.39, 0.29) is 11.9 Å². The maximum atomic E-state index is 12.6. The highest BCUT2D eigenvalue weighted by atomic mass is 16.2. The van der Waals surface area contributed by atoms with Crippen molar-refractivity contribution in [1.29, 1.82) is 0 Å². The fourth-order valence-corrected chi connectivity index (χ4v) is 4.69. The normalized spacial score (nSPS) is 28.9. The van der Waals surface area contributed by atoms with Gasteiger partial charge in [0.2, 0.25) is 5.91 Å². The van der Waals surface area contributed by atoms with E-state index >= 15 is 0 Å². The number of carbonyl (C=O) groups is 1. The van der Waals surface area contributed by atoms with Crippen LogP contribution in [0.15, 0.2) is 0 Å². The number of hydrogen-bond acceptors (Lipinski definition) is 2. The van der Waals surface area contributed by atoms with Crippen molar-refractivity contribution in [2.24, 2.45) is 16.6 Å². The van der Waals surface area contributed by atoms with Crippen LogP contribution in [0.4, 0.5) is 0 Å². The second kappa shape index (κ2) is 5.32. The van der Waals surface area contributed by atoms with Crippen molar-refractivity contribution < 1.29 is 4.79 Å². The van der Waals surface area contributed by atoms with E-state index in [4.69, 9.17) is 5.73 Å². The lowest BCUT2D eigenvalue weighted by atomic mass is 9.63. The average Bonchev–Trinajstić information content (AvgIpc) is 2.25. The lowest BCUT2D eigenvalue weighted by Crippen LogP contribution is -2.58.